The highest BCUT2D eigenvalue weighted by Crippen LogP contribution is 2.34. The zero-order valence-electron chi connectivity index (χ0n) is 17.2. The van der Waals surface area contributed by atoms with Gasteiger partial charge >= 0.3 is 0 Å². The van der Waals surface area contributed by atoms with Gasteiger partial charge in [-0.15, -0.1) is 11.6 Å². The highest BCUT2D eigenvalue weighted by Gasteiger charge is 2.42. The van der Waals surface area contributed by atoms with Gasteiger partial charge in [0.15, 0.2) is 0 Å². The SMILES string of the molecule is C=CN[C@@](C)(NCc1ccccc1CO)C(C)(/C=C(\NC)NC(C)C)CCl. The summed E-state index contributed by atoms with van der Waals surface area (Å²) in [4.78, 5) is 0. The Labute approximate surface area is 169 Å². The Morgan fingerprint density at radius 1 is 1.26 bits per heavy atom. The van der Waals surface area contributed by atoms with Crippen molar-refractivity contribution in [3.8, 4) is 0 Å². The van der Waals surface area contributed by atoms with Gasteiger partial charge < -0.3 is 21.1 Å². The van der Waals surface area contributed by atoms with Gasteiger partial charge in [-0.1, -0.05) is 37.8 Å². The molecular formula is C21H35ClN4O. The summed E-state index contributed by atoms with van der Waals surface area (Å²) in [6.45, 7) is 12.8. The molecule has 152 valence electrons. The molecule has 0 heterocycles. The lowest BCUT2D eigenvalue weighted by Crippen LogP contribution is -2.63. The number of halogens is 1. The summed E-state index contributed by atoms with van der Waals surface area (Å²) in [5, 5.41) is 23.1. The summed E-state index contributed by atoms with van der Waals surface area (Å²) >= 11 is 6.45. The molecule has 1 unspecified atom stereocenters. The van der Waals surface area contributed by atoms with Crippen LogP contribution in [0.25, 0.3) is 0 Å². The summed E-state index contributed by atoms with van der Waals surface area (Å²) in [5.74, 6) is 1.31. The largest absolute Gasteiger partial charge is 0.392 e. The van der Waals surface area contributed by atoms with Crippen molar-refractivity contribution in [2.24, 2.45) is 5.41 Å². The van der Waals surface area contributed by atoms with Crippen LogP contribution in [-0.2, 0) is 13.2 Å². The molecule has 1 rings (SSSR count). The summed E-state index contributed by atoms with van der Waals surface area (Å²) in [6.07, 6.45) is 3.79. The number of benzene rings is 1. The van der Waals surface area contributed by atoms with Crippen LogP contribution in [0.15, 0.2) is 48.9 Å². The molecule has 1 aromatic carbocycles. The topological polar surface area (TPSA) is 68.3 Å². The molecule has 0 fully saturated rings. The Bertz CT molecular complexity index is 634. The van der Waals surface area contributed by atoms with E-state index in [4.69, 9.17) is 11.6 Å². The van der Waals surface area contributed by atoms with E-state index in [0.717, 1.165) is 16.9 Å². The highest BCUT2D eigenvalue weighted by molar-refractivity contribution is 6.18. The van der Waals surface area contributed by atoms with E-state index < -0.39 is 11.1 Å². The summed E-state index contributed by atoms with van der Waals surface area (Å²) < 4.78 is 0. The first-order valence-corrected chi connectivity index (χ1v) is 9.83. The van der Waals surface area contributed by atoms with Gasteiger partial charge in [0.1, 0.15) is 0 Å². The van der Waals surface area contributed by atoms with Crippen molar-refractivity contribution in [2.45, 2.75) is 52.6 Å². The highest BCUT2D eigenvalue weighted by atomic mass is 35.5. The van der Waals surface area contributed by atoms with E-state index in [1.165, 1.54) is 0 Å². The van der Waals surface area contributed by atoms with E-state index in [1.54, 1.807) is 6.20 Å². The summed E-state index contributed by atoms with van der Waals surface area (Å²) in [6, 6.07) is 8.15. The molecule has 0 aliphatic carbocycles. The van der Waals surface area contributed by atoms with E-state index in [1.807, 2.05) is 31.3 Å². The van der Waals surface area contributed by atoms with Crippen LogP contribution in [0.2, 0.25) is 0 Å². The van der Waals surface area contributed by atoms with Crippen LogP contribution in [-0.4, -0.2) is 29.7 Å². The molecule has 0 aromatic heterocycles. The van der Waals surface area contributed by atoms with E-state index in [-0.39, 0.29) is 6.61 Å². The minimum atomic E-state index is -0.570. The number of aliphatic hydroxyl groups excluding tert-OH is 1. The van der Waals surface area contributed by atoms with Crippen LogP contribution in [0, 0.1) is 5.41 Å². The van der Waals surface area contributed by atoms with Crippen molar-refractivity contribution >= 4 is 11.6 Å². The van der Waals surface area contributed by atoms with Gasteiger partial charge in [0.2, 0.25) is 0 Å². The zero-order chi connectivity index (χ0) is 20.5. The zero-order valence-corrected chi connectivity index (χ0v) is 18.0. The first-order chi connectivity index (χ1) is 12.7. The van der Waals surface area contributed by atoms with Crippen LogP contribution < -0.4 is 21.3 Å². The van der Waals surface area contributed by atoms with E-state index in [0.29, 0.717) is 18.5 Å². The molecule has 0 saturated heterocycles. The number of rotatable bonds is 12. The molecular weight excluding hydrogens is 360 g/mol. The molecule has 5 nitrogen and oxygen atoms in total. The monoisotopic (exact) mass is 394 g/mol. The number of hydrogen-bond acceptors (Lipinski definition) is 5. The van der Waals surface area contributed by atoms with Crippen molar-refractivity contribution in [3.63, 3.8) is 0 Å². The third-order valence-electron chi connectivity index (χ3n) is 4.91. The van der Waals surface area contributed by atoms with Gasteiger partial charge in [0.05, 0.1) is 18.1 Å². The minimum absolute atomic E-state index is 0.0122. The Morgan fingerprint density at radius 2 is 1.89 bits per heavy atom. The summed E-state index contributed by atoms with van der Waals surface area (Å²) in [7, 11) is 1.89. The van der Waals surface area contributed by atoms with Crippen molar-refractivity contribution in [3.05, 3.63) is 60.1 Å². The Hall–Kier alpha value is -1.69. The van der Waals surface area contributed by atoms with E-state index in [9.17, 15) is 5.11 Å². The molecule has 0 aliphatic rings. The maximum absolute atomic E-state index is 9.59. The van der Waals surface area contributed by atoms with Crippen LogP contribution in [0.4, 0.5) is 0 Å². The molecule has 6 heteroatoms. The summed E-state index contributed by atoms with van der Waals surface area (Å²) in [5.41, 5.74) is 0.940. The van der Waals surface area contributed by atoms with Crippen LogP contribution in [0.5, 0.6) is 0 Å². The molecule has 0 amide bonds. The Morgan fingerprint density at radius 3 is 2.37 bits per heavy atom. The molecule has 5 N–H and O–H groups in total. The van der Waals surface area contributed by atoms with Gasteiger partial charge in [0.25, 0.3) is 0 Å². The van der Waals surface area contributed by atoms with Crippen LogP contribution in [0.3, 0.4) is 0 Å². The predicted octanol–water partition coefficient (Wildman–Crippen LogP) is 3.02. The maximum Gasteiger partial charge on any atom is 0.0954 e. The molecule has 0 radical (unpaired) electrons. The second-order valence-electron chi connectivity index (χ2n) is 7.41. The molecule has 27 heavy (non-hydrogen) atoms. The van der Waals surface area contributed by atoms with E-state index >= 15 is 0 Å². The predicted molar refractivity (Wildman–Crippen MR) is 115 cm³/mol. The number of nitrogens with one attached hydrogen (secondary N) is 4. The third-order valence-corrected chi connectivity index (χ3v) is 5.46. The average molecular weight is 395 g/mol. The van der Waals surface area contributed by atoms with Gasteiger partial charge in [-0.2, -0.15) is 0 Å². The lowest BCUT2D eigenvalue weighted by Gasteiger charge is -2.45. The third kappa shape index (κ3) is 6.16. The first kappa shape index (κ1) is 23.3. The smallest absolute Gasteiger partial charge is 0.0954 e. The second kappa shape index (κ2) is 10.6. The molecule has 0 saturated carbocycles. The number of alkyl halides is 1. The second-order valence-corrected chi connectivity index (χ2v) is 7.68. The molecule has 0 aliphatic heterocycles. The fourth-order valence-electron chi connectivity index (χ4n) is 2.91. The van der Waals surface area contributed by atoms with Crippen molar-refractivity contribution < 1.29 is 5.11 Å². The van der Waals surface area contributed by atoms with Gasteiger partial charge in [-0.25, -0.2) is 0 Å². The van der Waals surface area contributed by atoms with Crippen LogP contribution in [0.1, 0.15) is 38.8 Å². The molecule has 1 aromatic rings. The Balaban J connectivity index is 3.19. The lowest BCUT2D eigenvalue weighted by atomic mass is 9.78. The fraction of sp³-hybridized carbons (Fsp3) is 0.524. The van der Waals surface area contributed by atoms with E-state index in [2.05, 4.69) is 61.6 Å². The van der Waals surface area contributed by atoms with Crippen molar-refractivity contribution in [1.82, 2.24) is 21.3 Å². The average Bonchev–Trinajstić information content (AvgIpc) is 2.65. The Kier molecular flexibility index (Phi) is 9.16. The standard InChI is InChI=1S/C21H35ClN4O/c1-7-24-21(5,25-13-17-10-8-9-11-18(17)14-27)20(4,15-22)12-19(23-6)26-16(2)3/h7-12,16,23-27H,1,13-15H2,2-6H3/b19-12+/t20?,21-/m0/s1. The fourth-order valence-corrected chi connectivity index (χ4v) is 3.25. The molecule has 0 spiro atoms. The quantitative estimate of drug-likeness (QED) is 0.278. The number of aliphatic hydroxyl groups is 1. The van der Waals surface area contributed by atoms with Crippen molar-refractivity contribution in [2.75, 3.05) is 12.9 Å². The van der Waals surface area contributed by atoms with Gasteiger partial charge in [-0.05, 0) is 44.2 Å². The molecule has 2 atom stereocenters. The van der Waals surface area contributed by atoms with Crippen molar-refractivity contribution in [1.29, 1.82) is 0 Å². The van der Waals surface area contributed by atoms with Gasteiger partial charge in [-0.3, -0.25) is 5.32 Å². The van der Waals surface area contributed by atoms with Crippen LogP contribution >= 0.6 is 11.6 Å². The lowest BCUT2D eigenvalue weighted by molar-refractivity contribution is 0.159. The first-order valence-electron chi connectivity index (χ1n) is 9.29. The minimum Gasteiger partial charge on any atom is -0.392 e. The molecule has 0 bridgehead atoms. The normalized spacial score (nSPS) is 16.4. The maximum atomic E-state index is 9.59. The number of hydrogen-bond donors (Lipinski definition) is 5. The van der Waals surface area contributed by atoms with Gasteiger partial charge in [0, 0.05) is 30.9 Å².